The van der Waals surface area contributed by atoms with Gasteiger partial charge in [-0.2, -0.15) is 0 Å². The number of piperidine rings is 1. The molecule has 1 N–H and O–H groups in total. The van der Waals surface area contributed by atoms with E-state index in [9.17, 15) is 9.18 Å². The Hall–Kier alpha value is -1.84. The van der Waals surface area contributed by atoms with Crippen LogP contribution in [0.2, 0.25) is 0 Å². The summed E-state index contributed by atoms with van der Waals surface area (Å²) in [4.78, 5) is 12.6. The third-order valence-electron chi connectivity index (χ3n) is 3.10. The minimum absolute atomic E-state index is 0.288. The van der Waals surface area contributed by atoms with Gasteiger partial charge in [-0.15, -0.1) is 0 Å². The van der Waals surface area contributed by atoms with Crippen molar-refractivity contribution in [1.29, 1.82) is 0 Å². The van der Waals surface area contributed by atoms with Crippen LogP contribution in [0.3, 0.4) is 0 Å². The van der Waals surface area contributed by atoms with E-state index in [1.54, 1.807) is 12.1 Å². The van der Waals surface area contributed by atoms with E-state index < -0.39 is 5.97 Å². The average molecular weight is 249 g/mol. The zero-order valence-electron chi connectivity index (χ0n) is 10.1. The quantitative estimate of drug-likeness (QED) is 0.837. The first kappa shape index (κ1) is 12.6. The van der Waals surface area contributed by atoms with Crippen molar-refractivity contribution < 1.29 is 14.3 Å². The van der Waals surface area contributed by atoms with E-state index in [1.807, 2.05) is 4.90 Å². The second kappa shape index (κ2) is 5.67. The van der Waals surface area contributed by atoms with Gasteiger partial charge in [-0.25, -0.2) is 9.18 Å². The highest BCUT2D eigenvalue weighted by molar-refractivity contribution is 5.87. The van der Waals surface area contributed by atoms with Crippen molar-refractivity contribution in [2.75, 3.05) is 18.0 Å². The SMILES string of the molecule is O=C(O)/C=C/c1cccc(F)c1N1CCCCC1. The number of hydrogen-bond donors (Lipinski definition) is 1. The van der Waals surface area contributed by atoms with Gasteiger partial charge < -0.3 is 10.0 Å². The number of halogens is 1. The molecule has 0 saturated carbocycles. The average Bonchev–Trinajstić information content (AvgIpc) is 2.37. The summed E-state index contributed by atoms with van der Waals surface area (Å²) in [6, 6.07) is 4.76. The zero-order chi connectivity index (χ0) is 13.0. The van der Waals surface area contributed by atoms with Gasteiger partial charge in [-0.1, -0.05) is 12.1 Å². The van der Waals surface area contributed by atoms with Crippen LogP contribution in [0.25, 0.3) is 6.08 Å². The molecular formula is C14H16FNO2. The van der Waals surface area contributed by atoms with Crippen LogP contribution < -0.4 is 4.90 Å². The van der Waals surface area contributed by atoms with Crippen LogP contribution >= 0.6 is 0 Å². The lowest BCUT2D eigenvalue weighted by Crippen LogP contribution is -2.30. The number of carbonyl (C=O) groups is 1. The monoisotopic (exact) mass is 249 g/mol. The predicted octanol–water partition coefficient (Wildman–Crippen LogP) is 2.91. The smallest absolute Gasteiger partial charge is 0.328 e. The Kier molecular flexibility index (Phi) is 3.97. The fraction of sp³-hybridized carbons (Fsp3) is 0.357. The van der Waals surface area contributed by atoms with Crippen LogP contribution in [-0.4, -0.2) is 24.2 Å². The van der Waals surface area contributed by atoms with Crippen molar-refractivity contribution in [3.8, 4) is 0 Å². The Bertz CT molecular complexity index is 465. The Morgan fingerprint density at radius 3 is 2.67 bits per heavy atom. The molecular weight excluding hydrogens is 233 g/mol. The van der Waals surface area contributed by atoms with Crippen LogP contribution in [0.1, 0.15) is 24.8 Å². The molecule has 4 heteroatoms. The molecule has 1 heterocycles. The van der Waals surface area contributed by atoms with Gasteiger partial charge in [0.05, 0.1) is 5.69 Å². The van der Waals surface area contributed by atoms with E-state index in [0.717, 1.165) is 32.0 Å². The molecule has 0 aromatic heterocycles. The van der Waals surface area contributed by atoms with E-state index in [4.69, 9.17) is 5.11 Å². The number of carboxylic acids is 1. The maximum absolute atomic E-state index is 13.9. The van der Waals surface area contributed by atoms with Gasteiger partial charge in [0.15, 0.2) is 0 Å². The maximum Gasteiger partial charge on any atom is 0.328 e. The Balaban J connectivity index is 2.34. The number of carboxylic acid groups (broad SMARTS) is 1. The Morgan fingerprint density at radius 1 is 1.28 bits per heavy atom. The molecule has 1 fully saturated rings. The summed E-state index contributed by atoms with van der Waals surface area (Å²) in [7, 11) is 0. The normalized spacial score (nSPS) is 16.2. The number of benzene rings is 1. The molecule has 1 aromatic rings. The molecule has 2 rings (SSSR count). The van der Waals surface area contributed by atoms with Crippen molar-refractivity contribution in [3.63, 3.8) is 0 Å². The van der Waals surface area contributed by atoms with Crippen molar-refractivity contribution >= 4 is 17.7 Å². The van der Waals surface area contributed by atoms with Crippen molar-refractivity contribution in [2.45, 2.75) is 19.3 Å². The van der Waals surface area contributed by atoms with E-state index >= 15 is 0 Å². The lowest BCUT2D eigenvalue weighted by atomic mass is 10.1. The highest BCUT2D eigenvalue weighted by Crippen LogP contribution is 2.28. The number of hydrogen-bond acceptors (Lipinski definition) is 2. The summed E-state index contributed by atoms with van der Waals surface area (Å²) in [5, 5.41) is 8.65. The van der Waals surface area contributed by atoms with Crippen molar-refractivity contribution in [1.82, 2.24) is 0 Å². The second-order valence-electron chi connectivity index (χ2n) is 4.40. The molecule has 0 unspecified atom stereocenters. The predicted molar refractivity (Wildman–Crippen MR) is 69.1 cm³/mol. The topological polar surface area (TPSA) is 40.5 Å². The number of rotatable bonds is 3. The highest BCUT2D eigenvalue weighted by Gasteiger charge is 2.17. The summed E-state index contributed by atoms with van der Waals surface area (Å²) < 4.78 is 13.9. The summed E-state index contributed by atoms with van der Waals surface area (Å²) in [5.74, 6) is -1.31. The van der Waals surface area contributed by atoms with Gasteiger partial charge >= 0.3 is 5.97 Å². The molecule has 1 saturated heterocycles. The Morgan fingerprint density at radius 2 is 2.00 bits per heavy atom. The van der Waals surface area contributed by atoms with E-state index in [0.29, 0.717) is 11.3 Å². The fourth-order valence-electron chi connectivity index (χ4n) is 2.28. The highest BCUT2D eigenvalue weighted by atomic mass is 19.1. The number of para-hydroxylation sites is 1. The molecule has 0 radical (unpaired) electrons. The lowest BCUT2D eigenvalue weighted by molar-refractivity contribution is -0.131. The van der Waals surface area contributed by atoms with E-state index in [-0.39, 0.29) is 5.82 Å². The third kappa shape index (κ3) is 2.88. The van der Waals surface area contributed by atoms with Crippen LogP contribution in [0.4, 0.5) is 10.1 Å². The molecule has 3 nitrogen and oxygen atoms in total. The largest absolute Gasteiger partial charge is 0.478 e. The molecule has 0 atom stereocenters. The zero-order valence-corrected chi connectivity index (χ0v) is 10.1. The molecule has 1 aliphatic rings. The molecule has 0 spiro atoms. The van der Waals surface area contributed by atoms with Crippen molar-refractivity contribution in [2.24, 2.45) is 0 Å². The number of aliphatic carboxylic acids is 1. The first-order valence-electron chi connectivity index (χ1n) is 6.13. The molecule has 18 heavy (non-hydrogen) atoms. The van der Waals surface area contributed by atoms with Crippen LogP contribution in [0, 0.1) is 5.82 Å². The van der Waals surface area contributed by atoms with Gasteiger partial charge in [-0.05, 0) is 31.4 Å². The standard InChI is InChI=1S/C14H16FNO2/c15-12-6-4-5-11(7-8-13(17)18)14(12)16-9-2-1-3-10-16/h4-8H,1-3,9-10H2,(H,17,18)/b8-7+. The lowest BCUT2D eigenvalue weighted by Gasteiger charge is -2.30. The van der Waals surface area contributed by atoms with Crippen LogP contribution in [-0.2, 0) is 4.79 Å². The minimum Gasteiger partial charge on any atom is -0.478 e. The summed E-state index contributed by atoms with van der Waals surface area (Å²) in [6.45, 7) is 1.66. The molecule has 96 valence electrons. The van der Waals surface area contributed by atoms with Gasteiger partial charge in [0.25, 0.3) is 0 Å². The molecule has 1 aliphatic heterocycles. The second-order valence-corrected chi connectivity index (χ2v) is 4.40. The molecule has 1 aromatic carbocycles. The van der Waals surface area contributed by atoms with Gasteiger partial charge in [-0.3, -0.25) is 0 Å². The number of anilines is 1. The number of nitrogens with zero attached hydrogens (tertiary/aromatic N) is 1. The van der Waals surface area contributed by atoms with E-state index in [2.05, 4.69) is 0 Å². The summed E-state index contributed by atoms with van der Waals surface area (Å²) in [6.07, 6.45) is 5.77. The summed E-state index contributed by atoms with van der Waals surface area (Å²) in [5.41, 5.74) is 1.15. The summed E-state index contributed by atoms with van der Waals surface area (Å²) >= 11 is 0. The minimum atomic E-state index is -1.02. The van der Waals surface area contributed by atoms with Gasteiger partial charge in [0.2, 0.25) is 0 Å². The first-order chi connectivity index (χ1) is 8.68. The first-order valence-corrected chi connectivity index (χ1v) is 6.13. The molecule has 0 aliphatic carbocycles. The van der Waals surface area contributed by atoms with E-state index in [1.165, 1.54) is 18.6 Å². The Labute approximate surface area is 106 Å². The fourth-order valence-corrected chi connectivity index (χ4v) is 2.28. The molecule has 0 bridgehead atoms. The van der Waals surface area contributed by atoms with Crippen LogP contribution in [0.5, 0.6) is 0 Å². The van der Waals surface area contributed by atoms with Gasteiger partial charge in [0, 0.05) is 24.7 Å². The van der Waals surface area contributed by atoms with Crippen molar-refractivity contribution in [3.05, 3.63) is 35.7 Å². The molecule has 0 amide bonds. The van der Waals surface area contributed by atoms with Gasteiger partial charge in [0.1, 0.15) is 5.82 Å². The third-order valence-corrected chi connectivity index (χ3v) is 3.10. The van der Waals surface area contributed by atoms with Crippen LogP contribution in [0.15, 0.2) is 24.3 Å². The maximum atomic E-state index is 13.9.